The summed E-state index contributed by atoms with van der Waals surface area (Å²) >= 11 is 0. The Bertz CT molecular complexity index is 350. The largest absolute Gasteiger partial charge is 0.347 e. The lowest BCUT2D eigenvalue weighted by atomic mass is 10.0. The number of amides is 1. The fourth-order valence-electron chi connectivity index (χ4n) is 2.62. The second-order valence-corrected chi connectivity index (χ2v) is 7.56. The Labute approximate surface area is 114 Å². The average Bonchev–Trinajstić information content (AvgIpc) is 2.75. The first-order chi connectivity index (χ1) is 8.71. The second kappa shape index (κ2) is 6.84. The maximum absolute atomic E-state index is 11.9. The summed E-state index contributed by atoms with van der Waals surface area (Å²) < 4.78 is 11.5. The van der Waals surface area contributed by atoms with Crippen LogP contribution in [0.3, 0.4) is 0 Å². The van der Waals surface area contributed by atoms with Gasteiger partial charge in [-0.15, -0.1) is 0 Å². The van der Waals surface area contributed by atoms with Crippen molar-refractivity contribution in [3.8, 4) is 0 Å². The summed E-state index contributed by atoms with van der Waals surface area (Å²) in [5.74, 6) is -1.42. The zero-order valence-corrected chi connectivity index (χ0v) is 12.5. The molecule has 19 heavy (non-hydrogen) atoms. The summed E-state index contributed by atoms with van der Waals surface area (Å²) in [4.78, 5) is 30.7. The summed E-state index contributed by atoms with van der Waals surface area (Å²) in [7, 11) is -4.34. The van der Waals surface area contributed by atoms with Crippen LogP contribution in [-0.2, 0) is 9.36 Å². The lowest BCUT2D eigenvalue weighted by molar-refractivity contribution is -0.123. The van der Waals surface area contributed by atoms with Crippen LogP contribution in [0, 0.1) is 11.8 Å². The molecule has 0 heterocycles. The standard InChI is InChI=1S/C12H25N2O4P/c1-8(2)7-10(13)11(15)14-12(19(16,17)18)9-5-3-4-6-9/h8-10,12H,3-7,13H2,1-2H3,(H,14,15)(H2,16,17,18). The first-order valence-electron chi connectivity index (χ1n) is 6.83. The van der Waals surface area contributed by atoms with Gasteiger partial charge in [0.2, 0.25) is 5.91 Å². The van der Waals surface area contributed by atoms with Crippen molar-refractivity contribution in [2.75, 3.05) is 0 Å². The number of nitrogens with two attached hydrogens (primary N) is 1. The second-order valence-electron chi connectivity index (χ2n) is 5.82. The van der Waals surface area contributed by atoms with E-state index in [1.807, 2.05) is 13.8 Å². The number of carbonyl (C=O) groups is 1. The van der Waals surface area contributed by atoms with Crippen LogP contribution in [0.5, 0.6) is 0 Å². The molecular formula is C12H25N2O4P. The van der Waals surface area contributed by atoms with E-state index < -0.39 is 25.3 Å². The van der Waals surface area contributed by atoms with Crippen molar-refractivity contribution in [3.05, 3.63) is 0 Å². The predicted molar refractivity (Wildman–Crippen MR) is 73.4 cm³/mol. The van der Waals surface area contributed by atoms with Crippen LogP contribution in [0.2, 0.25) is 0 Å². The van der Waals surface area contributed by atoms with Crippen molar-refractivity contribution in [3.63, 3.8) is 0 Å². The van der Waals surface area contributed by atoms with Crippen LogP contribution in [0.4, 0.5) is 0 Å². The van der Waals surface area contributed by atoms with Gasteiger partial charge in [-0.1, -0.05) is 26.7 Å². The Morgan fingerprint density at radius 2 is 1.89 bits per heavy atom. The van der Waals surface area contributed by atoms with Gasteiger partial charge in [0.05, 0.1) is 6.04 Å². The molecule has 0 radical (unpaired) electrons. The third-order valence-electron chi connectivity index (χ3n) is 3.56. The van der Waals surface area contributed by atoms with Gasteiger partial charge in [0.15, 0.2) is 0 Å². The van der Waals surface area contributed by atoms with Crippen molar-refractivity contribution in [1.29, 1.82) is 0 Å². The van der Waals surface area contributed by atoms with E-state index in [1.165, 1.54) is 0 Å². The van der Waals surface area contributed by atoms with Gasteiger partial charge in [0.1, 0.15) is 5.78 Å². The van der Waals surface area contributed by atoms with Gasteiger partial charge in [-0.2, -0.15) is 0 Å². The van der Waals surface area contributed by atoms with E-state index >= 15 is 0 Å². The van der Waals surface area contributed by atoms with E-state index in [4.69, 9.17) is 5.73 Å². The molecule has 1 saturated carbocycles. The molecule has 0 spiro atoms. The van der Waals surface area contributed by atoms with Crippen molar-refractivity contribution >= 4 is 13.5 Å². The molecule has 1 fully saturated rings. The highest BCUT2D eigenvalue weighted by Gasteiger charge is 2.39. The maximum atomic E-state index is 11.9. The van der Waals surface area contributed by atoms with Crippen LogP contribution in [0.1, 0.15) is 46.0 Å². The molecule has 6 nitrogen and oxygen atoms in total. The number of rotatable bonds is 6. The molecule has 0 aromatic carbocycles. The predicted octanol–water partition coefficient (Wildman–Crippen LogP) is 1.17. The topological polar surface area (TPSA) is 113 Å². The van der Waals surface area contributed by atoms with Gasteiger partial charge < -0.3 is 20.8 Å². The van der Waals surface area contributed by atoms with Gasteiger partial charge in [-0.05, 0) is 31.1 Å². The lowest BCUT2D eigenvalue weighted by Gasteiger charge is -2.27. The molecular weight excluding hydrogens is 267 g/mol. The quantitative estimate of drug-likeness (QED) is 0.549. The molecule has 0 aromatic heterocycles. The molecule has 0 bridgehead atoms. The lowest BCUT2D eigenvalue weighted by Crippen LogP contribution is -2.48. The highest BCUT2D eigenvalue weighted by atomic mass is 31.2. The highest BCUT2D eigenvalue weighted by Crippen LogP contribution is 2.47. The SMILES string of the molecule is CC(C)CC(N)C(=O)NC(C1CCCC1)P(=O)(O)O. The molecule has 1 amide bonds. The molecule has 2 atom stereocenters. The van der Waals surface area contributed by atoms with Crippen molar-refractivity contribution in [2.24, 2.45) is 17.6 Å². The van der Waals surface area contributed by atoms with Crippen LogP contribution in [0.15, 0.2) is 0 Å². The minimum Gasteiger partial charge on any atom is -0.340 e. The third-order valence-corrected chi connectivity index (χ3v) is 4.84. The zero-order valence-electron chi connectivity index (χ0n) is 11.6. The number of nitrogens with one attached hydrogen (secondary N) is 1. The van der Waals surface area contributed by atoms with Gasteiger partial charge in [0, 0.05) is 0 Å². The number of carbonyl (C=O) groups excluding carboxylic acids is 1. The normalized spacial score (nSPS) is 20.5. The molecule has 5 N–H and O–H groups in total. The zero-order chi connectivity index (χ0) is 14.6. The van der Waals surface area contributed by atoms with Crippen LogP contribution in [0.25, 0.3) is 0 Å². The van der Waals surface area contributed by atoms with Crippen LogP contribution >= 0.6 is 7.60 Å². The Balaban J connectivity index is 2.67. The van der Waals surface area contributed by atoms with Gasteiger partial charge in [-0.3, -0.25) is 9.36 Å². The monoisotopic (exact) mass is 292 g/mol. The summed E-state index contributed by atoms with van der Waals surface area (Å²) in [6.45, 7) is 3.90. The minimum atomic E-state index is -4.34. The number of hydrogen-bond donors (Lipinski definition) is 4. The van der Waals surface area contributed by atoms with Gasteiger partial charge in [-0.25, -0.2) is 0 Å². The molecule has 1 rings (SSSR count). The van der Waals surface area contributed by atoms with Crippen LogP contribution < -0.4 is 11.1 Å². The van der Waals surface area contributed by atoms with Crippen molar-refractivity contribution in [1.82, 2.24) is 5.32 Å². The molecule has 0 saturated heterocycles. The van der Waals surface area contributed by atoms with E-state index in [9.17, 15) is 19.1 Å². The number of hydrogen-bond acceptors (Lipinski definition) is 3. The smallest absolute Gasteiger partial charge is 0.340 e. The third kappa shape index (κ3) is 5.22. The summed E-state index contributed by atoms with van der Waals surface area (Å²) in [6.07, 6.45) is 3.90. The fourth-order valence-corrected chi connectivity index (χ4v) is 3.76. The molecule has 0 aliphatic heterocycles. The molecule has 1 aliphatic rings. The van der Waals surface area contributed by atoms with Crippen molar-refractivity contribution in [2.45, 2.75) is 57.8 Å². The maximum Gasteiger partial charge on any atom is 0.347 e. The Morgan fingerprint density at radius 1 is 1.37 bits per heavy atom. The minimum absolute atomic E-state index is 0.143. The first-order valence-corrected chi connectivity index (χ1v) is 8.51. The average molecular weight is 292 g/mol. The van der Waals surface area contributed by atoms with E-state index in [0.29, 0.717) is 6.42 Å². The fraction of sp³-hybridized carbons (Fsp3) is 0.917. The molecule has 1 aliphatic carbocycles. The summed E-state index contributed by atoms with van der Waals surface area (Å²) in [6, 6.07) is -0.713. The first kappa shape index (κ1) is 16.6. The Hall–Kier alpha value is -0.420. The van der Waals surface area contributed by atoms with E-state index in [0.717, 1.165) is 25.7 Å². The Kier molecular flexibility index (Phi) is 5.99. The summed E-state index contributed by atoms with van der Waals surface area (Å²) in [5, 5.41) is 2.48. The van der Waals surface area contributed by atoms with Crippen LogP contribution in [-0.4, -0.2) is 27.5 Å². The highest BCUT2D eigenvalue weighted by molar-refractivity contribution is 7.52. The van der Waals surface area contributed by atoms with E-state index in [2.05, 4.69) is 5.32 Å². The summed E-state index contributed by atoms with van der Waals surface area (Å²) in [5.41, 5.74) is 5.74. The molecule has 0 aromatic rings. The Morgan fingerprint density at radius 3 is 2.32 bits per heavy atom. The molecule has 2 unspecified atom stereocenters. The van der Waals surface area contributed by atoms with Crippen molar-refractivity contribution < 1.29 is 19.1 Å². The van der Waals surface area contributed by atoms with E-state index in [-0.39, 0.29) is 11.8 Å². The molecule has 7 heteroatoms. The van der Waals surface area contributed by atoms with Gasteiger partial charge in [0.25, 0.3) is 0 Å². The van der Waals surface area contributed by atoms with Gasteiger partial charge >= 0.3 is 7.60 Å². The molecule has 112 valence electrons. The van der Waals surface area contributed by atoms with E-state index in [1.54, 1.807) is 0 Å².